The van der Waals surface area contributed by atoms with Crippen molar-refractivity contribution in [2.24, 2.45) is 5.73 Å². The van der Waals surface area contributed by atoms with Crippen LogP contribution in [0.3, 0.4) is 0 Å². The molecule has 1 saturated heterocycles. The summed E-state index contributed by atoms with van der Waals surface area (Å²) in [7, 11) is 0. The molecule has 5 nitrogen and oxygen atoms in total. The smallest absolute Gasteiger partial charge is 0.239 e. The number of piperazine rings is 1. The van der Waals surface area contributed by atoms with Crippen LogP contribution in [0.5, 0.6) is 0 Å². The number of rotatable bonds is 2. The average molecular weight is 313 g/mol. The van der Waals surface area contributed by atoms with Crippen LogP contribution in [0.2, 0.25) is 0 Å². The molecule has 1 aromatic heterocycles. The van der Waals surface area contributed by atoms with Crippen LogP contribution in [0, 0.1) is 0 Å². The number of nitrogens with zero attached hydrogens (tertiary/aromatic N) is 3. The lowest BCUT2D eigenvalue weighted by molar-refractivity contribution is -0.132. The van der Waals surface area contributed by atoms with Gasteiger partial charge in [-0.15, -0.1) is 0 Å². The summed E-state index contributed by atoms with van der Waals surface area (Å²) < 4.78 is 0.969. The number of hydrogen-bond acceptors (Lipinski definition) is 4. The molecule has 1 aliphatic rings. The van der Waals surface area contributed by atoms with Crippen molar-refractivity contribution in [1.29, 1.82) is 0 Å². The molecule has 0 aromatic carbocycles. The first-order valence-corrected chi connectivity index (χ1v) is 6.78. The van der Waals surface area contributed by atoms with Gasteiger partial charge in [0.05, 0.1) is 6.04 Å². The van der Waals surface area contributed by atoms with Crippen LogP contribution in [0.1, 0.15) is 6.92 Å². The molecule has 2 rings (SSSR count). The fourth-order valence-electron chi connectivity index (χ4n) is 2.00. The monoisotopic (exact) mass is 312 g/mol. The minimum Gasteiger partial charge on any atom is -0.353 e. The summed E-state index contributed by atoms with van der Waals surface area (Å²) in [5.41, 5.74) is 5.61. The Morgan fingerprint density at radius 3 is 2.56 bits per heavy atom. The first-order chi connectivity index (χ1) is 8.58. The van der Waals surface area contributed by atoms with Crippen molar-refractivity contribution >= 4 is 27.7 Å². The summed E-state index contributed by atoms with van der Waals surface area (Å²) in [5, 5.41) is 0. The van der Waals surface area contributed by atoms with Crippen LogP contribution in [-0.4, -0.2) is 48.0 Å². The zero-order valence-corrected chi connectivity index (χ0v) is 11.9. The van der Waals surface area contributed by atoms with Gasteiger partial charge in [0.1, 0.15) is 5.82 Å². The van der Waals surface area contributed by atoms with Crippen LogP contribution < -0.4 is 10.6 Å². The minimum absolute atomic E-state index is 0.0263. The van der Waals surface area contributed by atoms with Crippen LogP contribution in [0.15, 0.2) is 22.8 Å². The van der Waals surface area contributed by atoms with Crippen LogP contribution in [0.25, 0.3) is 0 Å². The molecule has 2 heterocycles. The molecule has 0 aliphatic carbocycles. The van der Waals surface area contributed by atoms with E-state index in [0.29, 0.717) is 13.1 Å². The molecule has 98 valence electrons. The van der Waals surface area contributed by atoms with E-state index in [9.17, 15) is 4.79 Å². The molecule has 0 unspecified atom stereocenters. The number of anilines is 1. The second-order valence-electron chi connectivity index (χ2n) is 4.44. The number of hydrogen-bond donors (Lipinski definition) is 1. The summed E-state index contributed by atoms with van der Waals surface area (Å²) in [6.07, 6.45) is 1.79. The van der Waals surface area contributed by atoms with Gasteiger partial charge in [-0.2, -0.15) is 0 Å². The van der Waals surface area contributed by atoms with Gasteiger partial charge in [-0.1, -0.05) is 0 Å². The molecule has 0 radical (unpaired) electrons. The molecule has 6 heteroatoms. The van der Waals surface area contributed by atoms with E-state index in [4.69, 9.17) is 5.73 Å². The molecule has 2 N–H and O–H groups in total. The Morgan fingerprint density at radius 2 is 2.06 bits per heavy atom. The number of pyridine rings is 1. The molecule has 1 amide bonds. The highest BCUT2D eigenvalue weighted by molar-refractivity contribution is 9.10. The summed E-state index contributed by atoms with van der Waals surface area (Å²) in [5.74, 6) is 0.976. The van der Waals surface area contributed by atoms with Gasteiger partial charge in [-0.05, 0) is 35.0 Å². The quantitative estimate of drug-likeness (QED) is 0.879. The Hall–Kier alpha value is -1.14. The third-order valence-electron chi connectivity index (χ3n) is 3.02. The third-order valence-corrected chi connectivity index (χ3v) is 3.49. The maximum absolute atomic E-state index is 11.7. The molecule has 0 bridgehead atoms. The lowest BCUT2D eigenvalue weighted by Crippen LogP contribution is -2.52. The molecule has 1 fully saturated rings. The van der Waals surface area contributed by atoms with E-state index < -0.39 is 6.04 Å². The van der Waals surface area contributed by atoms with Crippen LogP contribution in [-0.2, 0) is 4.79 Å². The molecular weight excluding hydrogens is 296 g/mol. The van der Waals surface area contributed by atoms with E-state index in [0.717, 1.165) is 23.4 Å². The highest BCUT2D eigenvalue weighted by atomic mass is 79.9. The van der Waals surface area contributed by atoms with E-state index in [1.54, 1.807) is 13.1 Å². The predicted octanol–water partition coefficient (Wildman–Crippen LogP) is 0.840. The van der Waals surface area contributed by atoms with Gasteiger partial charge in [0, 0.05) is 36.8 Å². The molecule has 1 aliphatic heterocycles. The van der Waals surface area contributed by atoms with Crippen molar-refractivity contribution in [2.75, 3.05) is 31.1 Å². The minimum atomic E-state index is -0.414. The molecule has 1 aromatic rings. The van der Waals surface area contributed by atoms with Crippen molar-refractivity contribution in [1.82, 2.24) is 9.88 Å². The zero-order chi connectivity index (χ0) is 13.1. The molecular formula is C12H17BrN4O. The lowest BCUT2D eigenvalue weighted by Gasteiger charge is -2.36. The lowest BCUT2D eigenvalue weighted by atomic mass is 10.2. The number of halogens is 1. The Balaban J connectivity index is 1.94. The number of carbonyl (C=O) groups excluding carboxylic acids is 1. The maximum Gasteiger partial charge on any atom is 0.239 e. The zero-order valence-electron chi connectivity index (χ0n) is 10.3. The predicted molar refractivity (Wildman–Crippen MR) is 74.4 cm³/mol. The average Bonchev–Trinajstić information content (AvgIpc) is 2.39. The first-order valence-electron chi connectivity index (χ1n) is 5.99. The number of carbonyl (C=O) groups is 1. The summed E-state index contributed by atoms with van der Waals surface area (Å²) >= 11 is 3.37. The molecule has 1 atom stereocenters. The Morgan fingerprint density at radius 1 is 1.39 bits per heavy atom. The number of amides is 1. The summed E-state index contributed by atoms with van der Waals surface area (Å²) in [4.78, 5) is 20.1. The highest BCUT2D eigenvalue weighted by Crippen LogP contribution is 2.16. The van der Waals surface area contributed by atoms with Gasteiger partial charge in [-0.3, -0.25) is 4.79 Å². The molecule has 18 heavy (non-hydrogen) atoms. The van der Waals surface area contributed by atoms with Crippen molar-refractivity contribution in [2.45, 2.75) is 13.0 Å². The van der Waals surface area contributed by atoms with Crippen molar-refractivity contribution < 1.29 is 4.79 Å². The van der Waals surface area contributed by atoms with Crippen LogP contribution in [0.4, 0.5) is 5.82 Å². The second-order valence-corrected chi connectivity index (χ2v) is 5.35. The largest absolute Gasteiger partial charge is 0.353 e. The summed E-state index contributed by atoms with van der Waals surface area (Å²) in [6, 6.07) is 3.54. The van der Waals surface area contributed by atoms with Crippen molar-refractivity contribution in [3.8, 4) is 0 Å². The van der Waals surface area contributed by atoms with Crippen LogP contribution >= 0.6 is 15.9 Å². The van der Waals surface area contributed by atoms with Gasteiger partial charge >= 0.3 is 0 Å². The number of aromatic nitrogens is 1. The van der Waals surface area contributed by atoms with Crippen molar-refractivity contribution in [3.05, 3.63) is 22.8 Å². The Labute approximate surface area is 115 Å². The maximum atomic E-state index is 11.7. The van der Waals surface area contributed by atoms with Crippen molar-refractivity contribution in [3.63, 3.8) is 0 Å². The van der Waals surface area contributed by atoms with Gasteiger partial charge in [0.2, 0.25) is 5.91 Å². The SMILES string of the molecule is C[C@@H](N)C(=O)N1CCN(c2ccc(Br)cn2)CC1. The van der Waals surface area contributed by atoms with Gasteiger partial charge < -0.3 is 15.5 Å². The van der Waals surface area contributed by atoms with E-state index in [2.05, 4.69) is 25.8 Å². The van der Waals surface area contributed by atoms with E-state index in [1.807, 2.05) is 17.0 Å². The molecule has 0 saturated carbocycles. The summed E-state index contributed by atoms with van der Waals surface area (Å²) in [6.45, 7) is 4.74. The van der Waals surface area contributed by atoms with Gasteiger partial charge in [0.15, 0.2) is 0 Å². The normalized spacial score (nSPS) is 17.7. The highest BCUT2D eigenvalue weighted by Gasteiger charge is 2.23. The topological polar surface area (TPSA) is 62.5 Å². The Kier molecular flexibility index (Phi) is 4.19. The number of nitrogens with two attached hydrogens (primary N) is 1. The van der Waals surface area contributed by atoms with Gasteiger partial charge in [-0.25, -0.2) is 4.98 Å². The second kappa shape index (κ2) is 5.67. The molecule has 0 spiro atoms. The first kappa shape index (κ1) is 13.3. The van der Waals surface area contributed by atoms with E-state index in [-0.39, 0.29) is 5.91 Å². The standard InChI is InChI=1S/C12H17BrN4O/c1-9(14)12(18)17-6-4-16(5-7-17)11-3-2-10(13)8-15-11/h2-3,8-9H,4-7,14H2,1H3/t9-/m1/s1. The van der Waals surface area contributed by atoms with E-state index >= 15 is 0 Å². The van der Waals surface area contributed by atoms with E-state index in [1.165, 1.54) is 0 Å². The van der Waals surface area contributed by atoms with Gasteiger partial charge in [0.25, 0.3) is 0 Å². The fourth-order valence-corrected chi connectivity index (χ4v) is 2.23. The Bertz CT molecular complexity index is 413. The third kappa shape index (κ3) is 3.00. The fraction of sp³-hybridized carbons (Fsp3) is 0.500.